The molecule has 0 aliphatic carbocycles. The van der Waals surface area contributed by atoms with Gasteiger partial charge in [-0.3, -0.25) is 0 Å². The Hall–Kier alpha value is -0.870. The minimum Gasteiger partial charge on any atom is -0.372 e. The van der Waals surface area contributed by atoms with Crippen LogP contribution in [0.4, 0.5) is 0 Å². The minimum absolute atomic E-state index is 0.580. The average Bonchev–Trinajstić information content (AvgIpc) is 1.88. The summed E-state index contributed by atoms with van der Waals surface area (Å²) in [5, 5.41) is 0. The summed E-state index contributed by atoms with van der Waals surface area (Å²) in [4.78, 5) is 10.9. The molecule has 0 rings (SSSR count). The third-order valence-corrected chi connectivity index (χ3v) is 1.31. The predicted molar refractivity (Wildman–Crippen MR) is 40.9 cm³/mol. The van der Waals surface area contributed by atoms with Gasteiger partial charge in [-0.25, -0.2) is 9.36 Å². The van der Waals surface area contributed by atoms with E-state index in [1.54, 1.807) is 20.8 Å². The molecule has 0 bridgehead atoms. The zero-order valence-corrected chi connectivity index (χ0v) is 7.57. The van der Waals surface area contributed by atoms with Crippen molar-refractivity contribution in [3.63, 3.8) is 0 Å². The van der Waals surface area contributed by atoms with Crippen LogP contribution in [0.25, 0.3) is 0 Å². The normalized spacial score (nSPS) is 10.1. The van der Waals surface area contributed by atoms with Crippen molar-refractivity contribution in [2.75, 3.05) is 0 Å². The number of hydrogen-bond donors (Lipinski definition) is 0. The van der Waals surface area contributed by atoms with Crippen molar-refractivity contribution in [2.24, 2.45) is 5.41 Å². The maximum Gasteiger partial charge on any atom is 0.398 e. The van der Waals surface area contributed by atoms with E-state index in [2.05, 4.69) is 16.4 Å². The molecule has 0 saturated heterocycles. The lowest BCUT2D eigenvalue weighted by Crippen LogP contribution is -2.22. The van der Waals surface area contributed by atoms with Crippen LogP contribution in [-0.4, -0.2) is 5.97 Å². The van der Waals surface area contributed by atoms with Crippen molar-refractivity contribution in [3.8, 4) is 11.8 Å². The van der Waals surface area contributed by atoms with E-state index in [9.17, 15) is 9.36 Å². The van der Waals surface area contributed by atoms with Crippen LogP contribution < -0.4 is 0 Å². The van der Waals surface area contributed by atoms with Gasteiger partial charge in [0, 0.05) is 0 Å². The maximum absolute atomic E-state index is 10.9. The van der Waals surface area contributed by atoms with Crippen LogP contribution in [-0.2, 0) is 13.9 Å². The van der Waals surface area contributed by atoms with E-state index in [1.165, 1.54) is 0 Å². The highest BCUT2D eigenvalue weighted by molar-refractivity contribution is 7.18. The largest absolute Gasteiger partial charge is 0.398 e. The summed E-state index contributed by atoms with van der Waals surface area (Å²) in [6.07, 6.45) is 0. The summed E-state index contributed by atoms with van der Waals surface area (Å²) in [5.74, 6) is 4.65. The van der Waals surface area contributed by atoms with Crippen LogP contribution >= 0.6 is 8.69 Å². The zero-order valence-electron chi connectivity index (χ0n) is 6.67. The lowest BCUT2D eigenvalue weighted by molar-refractivity contribution is -0.140. The third kappa shape index (κ3) is 3.15. The summed E-state index contributed by atoms with van der Waals surface area (Å²) in [6.45, 7) is 4.85. The molecular formula is C7H9O3P. The molecule has 0 aromatic carbocycles. The first kappa shape index (κ1) is 10.1. The highest BCUT2D eigenvalue weighted by atomic mass is 31.1. The second kappa shape index (κ2) is 4.10. The minimum atomic E-state index is -0.869. The molecule has 0 aromatic rings. The Balaban J connectivity index is 4.37. The Labute approximate surface area is 67.4 Å². The topological polar surface area (TPSA) is 43.4 Å². The van der Waals surface area contributed by atoms with Gasteiger partial charge in [-0.2, -0.15) is 0 Å². The van der Waals surface area contributed by atoms with Crippen molar-refractivity contribution in [1.29, 1.82) is 0 Å². The third-order valence-electron chi connectivity index (χ3n) is 1.07. The van der Waals surface area contributed by atoms with Crippen molar-refractivity contribution in [2.45, 2.75) is 20.8 Å². The summed E-state index contributed by atoms with van der Waals surface area (Å²) < 4.78 is 14.1. The van der Waals surface area contributed by atoms with Gasteiger partial charge in [0.15, 0.2) is 0 Å². The standard InChI is InChI=1S/C7H9O3P/c1-4-5-7(2,3)6(8)10-11-9/h1-3H3. The van der Waals surface area contributed by atoms with E-state index in [0.717, 1.165) is 0 Å². The summed E-state index contributed by atoms with van der Waals surface area (Å²) >= 11 is 0. The van der Waals surface area contributed by atoms with Crippen LogP contribution in [0.5, 0.6) is 0 Å². The second-order valence-corrected chi connectivity index (χ2v) is 2.78. The van der Waals surface area contributed by atoms with Gasteiger partial charge in [-0.15, -0.1) is 5.92 Å². The first-order valence-corrected chi connectivity index (χ1v) is 3.75. The second-order valence-electron chi connectivity index (χ2n) is 2.45. The van der Waals surface area contributed by atoms with E-state index in [4.69, 9.17) is 0 Å². The molecular weight excluding hydrogens is 163 g/mol. The van der Waals surface area contributed by atoms with E-state index >= 15 is 0 Å². The molecule has 0 N–H and O–H groups in total. The summed E-state index contributed by atoms with van der Waals surface area (Å²) in [6, 6.07) is 0. The van der Waals surface area contributed by atoms with Gasteiger partial charge >= 0.3 is 14.7 Å². The average molecular weight is 172 g/mol. The van der Waals surface area contributed by atoms with Gasteiger partial charge in [0.1, 0.15) is 5.41 Å². The molecule has 0 atom stereocenters. The molecule has 0 radical (unpaired) electrons. The smallest absolute Gasteiger partial charge is 0.372 e. The fraction of sp³-hybridized carbons (Fsp3) is 0.571. The summed E-state index contributed by atoms with van der Waals surface area (Å²) in [7, 11) is -0.628. The fourth-order valence-electron chi connectivity index (χ4n) is 0.511. The SMILES string of the molecule is CC#CC(C)(C)C(=O)OP=O. The molecule has 0 aliphatic heterocycles. The van der Waals surface area contributed by atoms with E-state index in [1.807, 2.05) is 0 Å². The Kier molecular flexibility index (Phi) is 3.78. The first-order valence-electron chi connectivity index (χ1n) is 3.02. The van der Waals surface area contributed by atoms with Gasteiger partial charge in [-0.05, 0) is 20.8 Å². The molecule has 0 spiro atoms. The lowest BCUT2D eigenvalue weighted by atomic mass is 9.95. The Morgan fingerprint density at radius 2 is 2.09 bits per heavy atom. The Bertz CT molecular complexity index is 222. The molecule has 4 heteroatoms. The molecule has 0 saturated carbocycles. The predicted octanol–water partition coefficient (Wildman–Crippen LogP) is 1.79. The van der Waals surface area contributed by atoms with Crippen LogP contribution in [0.2, 0.25) is 0 Å². The highest BCUT2D eigenvalue weighted by Gasteiger charge is 2.27. The zero-order chi connectivity index (χ0) is 8.91. The van der Waals surface area contributed by atoms with Gasteiger partial charge in [0.2, 0.25) is 0 Å². The number of carbonyl (C=O) groups is 1. The van der Waals surface area contributed by atoms with Crippen molar-refractivity contribution < 1.29 is 13.9 Å². The Morgan fingerprint density at radius 1 is 1.55 bits per heavy atom. The van der Waals surface area contributed by atoms with Crippen molar-refractivity contribution >= 4 is 14.7 Å². The molecule has 0 aromatic heterocycles. The van der Waals surface area contributed by atoms with E-state index in [-0.39, 0.29) is 0 Å². The molecule has 0 unspecified atom stereocenters. The summed E-state index contributed by atoms with van der Waals surface area (Å²) in [5.41, 5.74) is -0.869. The highest BCUT2D eigenvalue weighted by Crippen LogP contribution is 2.18. The fourth-order valence-corrected chi connectivity index (χ4v) is 0.807. The molecule has 0 heterocycles. The van der Waals surface area contributed by atoms with Crippen molar-refractivity contribution in [3.05, 3.63) is 0 Å². The van der Waals surface area contributed by atoms with Crippen LogP contribution in [0.15, 0.2) is 0 Å². The molecule has 11 heavy (non-hydrogen) atoms. The van der Waals surface area contributed by atoms with Crippen molar-refractivity contribution in [1.82, 2.24) is 0 Å². The molecule has 0 fully saturated rings. The molecule has 0 amide bonds. The van der Waals surface area contributed by atoms with E-state index in [0.29, 0.717) is 0 Å². The monoisotopic (exact) mass is 172 g/mol. The molecule has 0 aliphatic rings. The Morgan fingerprint density at radius 3 is 2.45 bits per heavy atom. The van der Waals surface area contributed by atoms with Crippen LogP contribution in [0, 0.1) is 17.3 Å². The van der Waals surface area contributed by atoms with Gasteiger partial charge in [-0.1, -0.05) is 5.92 Å². The van der Waals surface area contributed by atoms with Gasteiger partial charge in [0.05, 0.1) is 0 Å². The lowest BCUT2D eigenvalue weighted by Gasteiger charge is -2.11. The van der Waals surface area contributed by atoms with Crippen LogP contribution in [0.3, 0.4) is 0 Å². The number of carbonyl (C=O) groups excluding carboxylic acids is 1. The number of rotatable bonds is 2. The van der Waals surface area contributed by atoms with Crippen LogP contribution in [0.1, 0.15) is 20.8 Å². The molecule has 3 nitrogen and oxygen atoms in total. The number of hydrogen-bond acceptors (Lipinski definition) is 3. The maximum atomic E-state index is 10.9. The quantitative estimate of drug-likeness (QED) is 0.471. The van der Waals surface area contributed by atoms with E-state index < -0.39 is 20.1 Å². The van der Waals surface area contributed by atoms with Gasteiger partial charge < -0.3 is 4.52 Å². The first-order chi connectivity index (χ1) is 5.04. The molecule has 60 valence electrons. The van der Waals surface area contributed by atoms with Gasteiger partial charge in [0.25, 0.3) is 0 Å².